The van der Waals surface area contributed by atoms with E-state index in [2.05, 4.69) is 68.3 Å². The third kappa shape index (κ3) is 49.7. The van der Waals surface area contributed by atoms with Gasteiger partial charge in [0.25, 0.3) is 0 Å². The van der Waals surface area contributed by atoms with Gasteiger partial charge in [-0.2, -0.15) is 11.3 Å². The number of nitrogens with one attached hydrogen (secondary N) is 2. The Hall–Kier alpha value is 0.0106. The first-order valence-electron chi connectivity index (χ1n) is 38.7. The normalized spacial score (nSPS) is 9.74. The molecule has 3 aromatic carbocycles. The van der Waals surface area contributed by atoms with Crippen molar-refractivity contribution in [3.05, 3.63) is 146 Å². The van der Waals surface area contributed by atoms with E-state index in [1.54, 1.807) is 40.2 Å². The molecular formula is C43H51B67BrN3O6S3. The molecule has 3 aromatic heterocycles. The number of carbonyl (C=O) groups is 2. The molecule has 0 aliphatic carbocycles. The number of amides is 2. The second-order valence-corrected chi connectivity index (χ2v) is 34.4. The Labute approximate surface area is 822 Å². The van der Waals surface area contributed by atoms with Gasteiger partial charge in [-0.25, -0.2) is 9.59 Å². The highest BCUT2D eigenvalue weighted by Crippen LogP contribution is 2.29. The molecule has 500 valence electrons. The first-order valence-corrected chi connectivity index (χ1v) is 42.2. The smallest absolute Gasteiger partial charge is 0.444 e. The van der Waals surface area contributed by atoms with Crippen LogP contribution in [0.5, 0.6) is 0 Å². The molecule has 0 spiro atoms. The Kier molecular flexibility index (Phi) is 66.7. The van der Waals surface area contributed by atoms with Gasteiger partial charge in [0.15, 0.2) is 0 Å². The number of benzene rings is 3. The molecule has 123 heavy (non-hydrogen) atoms. The lowest BCUT2D eigenvalue weighted by atomic mass is 8.41. The highest BCUT2D eigenvalue weighted by atomic mass is 79.9. The van der Waals surface area contributed by atoms with Crippen molar-refractivity contribution in [1.82, 2.24) is 10.6 Å². The van der Waals surface area contributed by atoms with Crippen LogP contribution in [0.3, 0.4) is 0 Å². The van der Waals surface area contributed by atoms with Crippen molar-refractivity contribution in [2.45, 2.75) is 72.4 Å². The monoisotopic (exact) mass is 1620 g/mol. The van der Waals surface area contributed by atoms with Crippen LogP contribution in [0.15, 0.2) is 130 Å². The van der Waals surface area contributed by atoms with Gasteiger partial charge in [0.1, 0.15) is 11.2 Å². The minimum atomic E-state index is -1.30. The zero-order valence-corrected chi connectivity index (χ0v) is 75.2. The molecule has 80 heteroatoms. The van der Waals surface area contributed by atoms with E-state index in [9.17, 15) is 9.59 Å². The molecule has 0 fully saturated rings. The summed E-state index contributed by atoms with van der Waals surface area (Å²) in [4.78, 5) is 25.6. The molecule has 6 N–H and O–H groups in total. The van der Waals surface area contributed by atoms with E-state index in [0.29, 0.717) is 24.4 Å². The Balaban J connectivity index is 0. The molecule has 6 rings (SSSR count). The summed E-state index contributed by atoms with van der Waals surface area (Å²) in [5, 5.41) is 28.4. The van der Waals surface area contributed by atoms with Gasteiger partial charge in [0.2, 0.25) is 0 Å². The first-order chi connectivity index (χ1) is 56.9. The summed E-state index contributed by atoms with van der Waals surface area (Å²) in [6, 6.07) is 35.8. The van der Waals surface area contributed by atoms with E-state index < -0.39 is 209 Å². The lowest BCUT2D eigenvalue weighted by molar-refractivity contribution is 0.0512. The lowest BCUT2D eigenvalue weighted by Crippen LogP contribution is -2.78. The van der Waals surface area contributed by atoms with Crippen LogP contribution in [0.4, 0.5) is 9.59 Å². The maximum atomic E-state index is 11.7. The molecule has 0 bridgehead atoms. The van der Waals surface area contributed by atoms with Gasteiger partial charge in [0.05, 0.1) is 0 Å². The fourth-order valence-corrected chi connectivity index (χ4v) is 15.2. The fourth-order valence-electron chi connectivity index (χ4n) is 12.6. The molecule has 0 aliphatic rings. The first kappa shape index (κ1) is 125. The van der Waals surface area contributed by atoms with Gasteiger partial charge in [-0.05, 0) is 104 Å². The SMILES string of the molecule is CC(C)(C)OC(=O)NCc1ccccc1-c1cccs1.CC(C)(C)OC(=O)NCc1ccccc1Br.NCc1ccccc1-c1cccs1.OB(O)c1cccs1.[B]B([B])B(B([B])[B])B(B([B])[B])B(B([B])[B])B([B])[B].[B]B([B])B([B])B(B([B])[B])B(B([B])[B])B([B])[B].[B][B]B(B([B])[B])B(B([B])[B])B(B([B])[B])B([B])[B].[B][B]B([B])B(B([B])[B])B(B([B])[B])B([B])[B]. The quantitative estimate of drug-likeness (QED) is 0.0253. The summed E-state index contributed by atoms with van der Waals surface area (Å²) in [6.07, 6.45) is -20.3. The highest BCUT2D eigenvalue weighted by molar-refractivity contribution is 9.10. The van der Waals surface area contributed by atoms with Gasteiger partial charge >= 0.3 is 19.3 Å². The summed E-state index contributed by atoms with van der Waals surface area (Å²) >= 11 is 8.19. The predicted molar refractivity (Wildman–Crippen MR) is 622 cm³/mol. The van der Waals surface area contributed by atoms with E-state index in [4.69, 9.17) is 304 Å². The maximum Gasteiger partial charge on any atom is 0.499 e. The minimum absolute atomic E-state index is 0.390. The second-order valence-electron chi connectivity index (χ2n) is 30.7. The van der Waals surface area contributed by atoms with E-state index in [-0.39, 0.29) is 0 Å². The van der Waals surface area contributed by atoms with Gasteiger partial charge < -0.3 is 35.9 Å². The third-order valence-electron chi connectivity index (χ3n) is 18.3. The van der Waals surface area contributed by atoms with E-state index in [0.717, 1.165) is 21.2 Å². The number of hydrogen-bond donors (Lipinski definition) is 5. The van der Waals surface area contributed by atoms with Crippen LogP contribution in [0, 0.1) is 0 Å². The second kappa shape index (κ2) is 65.6. The average Bonchev–Trinajstić information content (AvgIpc) is 1.55. The number of carbonyl (C=O) groups excluding carboxylic acids is 2. The van der Waals surface area contributed by atoms with Crippen LogP contribution in [-0.4, -0.2) is 512 Å². The van der Waals surface area contributed by atoms with Crippen LogP contribution < -0.4 is 21.1 Å². The number of nitrogens with two attached hydrogens (primary N) is 1. The van der Waals surface area contributed by atoms with E-state index in [1.807, 2.05) is 108 Å². The van der Waals surface area contributed by atoms with E-state index >= 15 is 0 Å². The van der Waals surface area contributed by atoms with Crippen molar-refractivity contribution in [3.63, 3.8) is 0 Å². The zero-order chi connectivity index (χ0) is 95.4. The van der Waals surface area contributed by atoms with Gasteiger partial charge in [0, 0.05) is 510 Å². The van der Waals surface area contributed by atoms with Crippen LogP contribution in [0.25, 0.3) is 20.9 Å². The van der Waals surface area contributed by atoms with Crippen molar-refractivity contribution in [2.75, 3.05) is 0 Å². The summed E-state index contributed by atoms with van der Waals surface area (Å²) in [5.74, 6) is 0. The molecular weight excluding hydrogens is 1550 g/mol. The van der Waals surface area contributed by atoms with Crippen LogP contribution in [0.1, 0.15) is 58.2 Å². The van der Waals surface area contributed by atoms with Gasteiger partial charge in [-0.1, -0.05) is 107 Å². The Morgan fingerprint density at radius 1 is 0.366 bits per heavy atom. The summed E-state index contributed by atoms with van der Waals surface area (Å²) in [6.45, 7) is 12.6. The van der Waals surface area contributed by atoms with Crippen LogP contribution in [0.2, 0.25) is 0 Å². The predicted octanol–water partition coefficient (Wildman–Crippen LogP) is -14.9. The molecule has 74 radical (unpaired) electrons. The van der Waals surface area contributed by atoms with Crippen LogP contribution in [-0.2, 0) is 29.1 Å². The maximum absolute atomic E-state index is 11.7. The molecule has 0 unspecified atom stereocenters. The van der Waals surface area contributed by atoms with Crippen molar-refractivity contribution in [2.24, 2.45) is 5.73 Å². The van der Waals surface area contributed by atoms with Crippen molar-refractivity contribution in [3.8, 4) is 20.9 Å². The number of rotatable bonds is 34. The van der Waals surface area contributed by atoms with Crippen molar-refractivity contribution >= 4 is 545 Å². The molecule has 0 saturated carbocycles. The molecule has 0 atom stereocenters. The summed E-state index contributed by atoms with van der Waals surface area (Å²) < 4.78 is 11.9. The highest BCUT2D eigenvalue weighted by Gasteiger charge is 2.44. The van der Waals surface area contributed by atoms with Crippen molar-refractivity contribution in [1.29, 1.82) is 0 Å². The molecule has 2 amide bonds. The molecule has 9 nitrogen and oxygen atoms in total. The molecule has 6 aromatic rings. The minimum Gasteiger partial charge on any atom is -0.444 e. The largest absolute Gasteiger partial charge is 0.499 e. The third-order valence-corrected chi connectivity index (χ3v) is 21.8. The molecule has 0 aliphatic heterocycles. The standard InChI is InChI=1S/C16H19NO2S.C12H16BrNO2.C11H11NS.C4H5BO2S.B18.B17.B16.B15/c1-16(2,3)19-15(18)17-11-12-7-4-5-8-13(12)14-9-6-10-20-14;1-12(2,3)16-11(15)14-8-9-6-4-5-7-10(9)13;12-8-9-4-1-2-5-10(9)11-6-3-7-13-11;6-5(7)4-2-1-3-8-4;1-11(2)16(12(3)4)18(15(9)10)17(13(5)6)14(7)8;1-10-15(11(2)3)17(14(8)9)16(12(4)5)13(6)7;1-10(2)14(9)16(13(7)8)15(11(3)4)12(5)6;1-9-13(8)15(12(6)7)14(10(2)3)11(4)5/h4-10H,11H2,1-3H3,(H,17,18);4-7H,8H2,1-3H3,(H,14,15);1-7H,8,12H2;1-3,6-7H;;;;. The molecule has 0 saturated heterocycles. The number of ether oxygens (including phenoxy) is 2. The van der Waals surface area contributed by atoms with Crippen LogP contribution >= 0.6 is 49.9 Å². The van der Waals surface area contributed by atoms with E-state index in [1.165, 1.54) is 46.3 Å². The lowest BCUT2D eigenvalue weighted by Gasteiger charge is -2.40. The number of alkyl carbamates (subject to hydrolysis) is 2. The zero-order valence-electron chi connectivity index (χ0n) is 71.1. The number of thiophene rings is 3. The Morgan fingerprint density at radius 2 is 0.667 bits per heavy atom. The average molecular weight is 1610 g/mol. The van der Waals surface area contributed by atoms with Gasteiger partial charge in [-0.3, -0.25) is 0 Å². The summed E-state index contributed by atoms with van der Waals surface area (Å²) in [5.41, 5.74) is 10.5. The topological polar surface area (TPSA) is 143 Å². The Bertz CT molecular complexity index is 3620. The van der Waals surface area contributed by atoms with Crippen molar-refractivity contribution < 1.29 is 29.1 Å². The molecule has 3 heterocycles. The number of hydrogen-bond acceptors (Lipinski definition) is 10. The fraction of sp³-hybridized carbons (Fsp3) is 0.256. The van der Waals surface area contributed by atoms with Gasteiger partial charge in [-0.15, -0.1) is 22.7 Å². The Morgan fingerprint density at radius 3 is 0.943 bits per heavy atom. The number of halogens is 1. The summed E-state index contributed by atoms with van der Waals surface area (Å²) in [7, 11) is 204.